The summed E-state index contributed by atoms with van der Waals surface area (Å²) < 4.78 is 0. The van der Waals surface area contributed by atoms with E-state index in [-0.39, 0.29) is 5.91 Å². The van der Waals surface area contributed by atoms with Crippen LogP contribution in [0, 0.1) is 0 Å². The predicted octanol–water partition coefficient (Wildman–Crippen LogP) is 3.22. The molecule has 0 atom stereocenters. The maximum absolute atomic E-state index is 12.9. The van der Waals surface area contributed by atoms with Crippen molar-refractivity contribution in [1.29, 1.82) is 0 Å². The molecule has 5 rings (SSSR count). The lowest BCUT2D eigenvalue weighted by molar-refractivity contribution is 0.102. The maximum Gasteiger partial charge on any atom is 0.257 e. The summed E-state index contributed by atoms with van der Waals surface area (Å²) in [4.78, 5) is 29.4. The molecule has 4 aromatic rings. The lowest BCUT2D eigenvalue weighted by Crippen LogP contribution is -2.44. The van der Waals surface area contributed by atoms with Crippen LogP contribution in [0.4, 0.5) is 16.8 Å². The second-order valence-corrected chi connectivity index (χ2v) is 9.56. The number of benzene rings is 1. The van der Waals surface area contributed by atoms with Crippen molar-refractivity contribution in [2.75, 3.05) is 62.4 Å². The third-order valence-corrected chi connectivity index (χ3v) is 7.04. The Labute approximate surface area is 202 Å². The van der Waals surface area contributed by atoms with E-state index in [1.807, 2.05) is 55.5 Å². The van der Waals surface area contributed by atoms with E-state index >= 15 is 0 Å². The summed E-state index contributed by atoms with van der Waals surface area (Å²) in [6.07, 6.45) is 3.55. The number of piperazine rings is 1. The molecule has 0 bridgehead atoms. The van der Waals surface area contributed by atoms with Crippen molar-refractivity contribution < 1.29 is 4.79 Å². The minimum absolute atomic E-state index is 0.235. The van der Waals surface area contributed by atoms with Crippen molar-refractivity contribution in [1.82, 2.24) is 25.1 Å². The molecule has 3 aromatic heterocycles. The number of likely N-dealkylation sites (N-methyl/N-ethyl adjacent to an activating group) is 1. The van der Waals surface area contributed by atoms with E-state index in [4.69, 9.17) is 0 Å². The lowest BCUT2D eigenvalue weighted by atomic mass is 10.1. The molecular weight excluding hydrogens is 448 g/mol. The molecule has 34 heavy (non-hydrogen) atoms. The van der Waals surface area contributed by atoms with Gasteiger partial charge in [0.1, 0.15) is 5.82 Å². The topological polar surface area (TPSA) is 90.4 Å². The normalized spacial score (nSPS) is 14.4. The fourth-order valence-corrected chi connectivity index (χ4v) is 4.66. The summed E-state index contributed by atoms with van der Waals surface area (Å²) in [5.41, 5.74) is 2.36. The number of thiazole rings is 1. The third kappa shape index (κ3) is 4.68. The molecule has 10 heteroatoms. The molecule has 1 fully saturated rings. The number of carbonyl (C=O) groups is 1. The van der Waals surface area contributed by atoms with Crippen molar-refractivity contribution in [2.45, 2.75) is 0 Å². The Kier molecular flexibility index (Phi) is 6.08. The fraction of sp³-hybridized carbons (Fsp3) is 0.292. The van der Waals surface area contributed by atoms with Crippen LogP contribution in [0.15, 0.2) is 48.8 Å². The van der Waals surface area contributed by atoms with E-state index in [9.17, 15) is 4.79 Å². The monoisotopic (exact) mass is 474 g/mol. The van der Waals surface area contributed by atoms with Gasteiger partial charge in [0.2, 0.25) is 0 Å². The highest BCUT2D eigenvalue weighted by Crippen LogP contribution is 2.32. The van der Waals surface area contributed by atoms with Crippen LogP contribution in [0.5, 0.6) is 0 Å². The summed E-state index contributed by atoms with van der Waals surface area (Å²) in [5, 5.41) is 13.2. The lowest BCUT2D eigenvalue weighted by Gasteiger charge is -2.33. The average Bonchev–Trinajstić information content (AvgIpc) is 3.35. The van der Waals surface area contributed by atoms with Gasteiger partial charge in [-0.3, -0.25) is 4.79 Å². The predicted molar refractivity (Wildman–Crippen MR) is 137 cm³/mol. The van der Waals surface area contributed by atoms with Gasteiger partial charge in [-0.1, -0.05) is 17.4 Å². The van der Waals surface area contributed by atoms with Gasteiger partial charge in [-0.15, -0.1) is 10.2 Å². The number of hydrogen-bond acceptors (Lipinski definition) is 9. The molecular formula is C24H26N8OS. The molecule has 1 amide bonds. The highest BCUT2D eigenvalue weighted by atomic mass is 32.1. The molecule has 0 radical (unpaired) electrons. The van der Waals surface area contributed by atoms with Crippen LogP contribution in [0.2, 0.25) is 0 Å². The van der Waals surface area contributed by atoms with E-state index in [1.165, 1.54) is 0 Å². The number of nitrogens with zero attached hydrogens (tertiary/aromatic N) is 7. The zero-order chi connectivity index (χ0) is 23.7. The molecule has 1 N–H and O–H groups in total. The number of pyridine rings is 1. The third-order valence-electron chi connectivity index (χ3n) is 5.82. The average molecular weight is 475 g/mol. The maximum atomic E-state index is 12.9. The quantitative estimate of drug-likeness (QED) is 0.472. The van der Waals surface area contributed by atoms with Crippen molar-refractivity contribution in [2.24, 2.45) is 0 Å². The smallest absolute Gasteiger partial charge is 0.257 e. The minimum atomic E-state index is -0.235. The largest absolute Gasteiger partial charge is 0.354 e. The van der Waals surface area contributed by atoms with Crippen molar-refractivity contribution in [3.8, 4) is 10.4 Å². The number of aromatic nitrogens is 4. The number of anilines is 3. The van der Waals surface area contributed by atoms with Crippen molar-refractivity contribution >= 4 is 44.9 Å². The summed E-state index contributed by atoms with van der Waals surface area (Å²) in [6.45, 7) is 3.74. The van der Waals surface area contributed by atoms with Crippen LogP contribution in [-0.4, -0.2) is 78.3 Å². The molecule has 1 aromatic carbocycles. The highest BCUT2D eigenvalue weighted by Gasteiger charge is 2.17. The Hall–Kier alpha value is -3.63. The molecule has 1 aliphatic heterocycles. The molecule has 1 saturated heterocycles. The Morgan fingerprint density at radius 1 is 1.03 bits per heavy atom. The summed E-state index contributed by atoms with van der Waals surface area (Å²) in [7, 11) is 6.06. The van der Waals surface area contributed by atoms with Crippen LogP contribution in [0.3, 0.4) is 0 Å². The van der Waals surface area contributed by atoms with E-state index in [2.05, 4.69) is 42.3 Å². The number of rotatable bonds is 5. The Balaban J connectivity index is 1.35. The van der Waals surface area contributed by atoms with Crippen LogP contribution >= 0.6 is 11.3 Å². The second-order valence-electron chi connectivity index (χ2n) is 8.55. The van der Waals surface area contributed by atoms with Gasteiger partial charge in [0.15, 0.2) is 10.9 Å². The first-order chi connectivity index (χ1) is 16.5. The highest BCUT2D eigenvalue weighted by molar-refractivity contribution is 7.18. The second kappa shape index (κ2) is 9.32. The Morgan fingerprint density at radius 2 is 1.85 bits per heavy atom. The SMILES string of the molecule is CN1CCN(c2cc(C(=O)Nc3cc4cc(-c5cnc(N(C)C)s5)ccc4nn3)ccn2)CC1. The Morgan fingerprint density at radius 3 is 2.62 bits per heavy atom. The molecule has 0 aliphatic carbocycles. The minimum Gasteiger partial charge on any atom is -0.354 e. The van der Waals surface area contributed by atoms with Crippen molar-refractivity contribution in [3.63, 3.8) is 0 Å². The number of fused-ring (bicyclic) bond motifs is 1. The number of hydrogen-bond donors (Lipinski definition) is 1. The van der Waals surface area contributed by atoms with Crippen LogP contribution in [0.1, 0.15) is 10.4 Å². The van der Waals surface area contributed by atoms with Crippen molar-refractivity contribution in [3.05, 3.63) is 54.4 Å². The Bertz CT molecular complexity index is 1330. The van der Waals surface area contributed by atoms with Gasteiger partial charge in [0, 0.05) is 63.6 Å². The molecule has 1 aliphatic rings. The summed E-state index contributed by atoms with van der Waals surface area (Å²) in [6, 6.07) is 11.4. The number of nitrogens with one attached hydrogen (secondary N) is 1. The van der Waals surface area contributed by atoms with Gasteiger partial charge in [0.25, 0.3) is 5.91 Å². The fourth-order valence-electron chi connectivity index (χ4n) is 3.82. The van der Waals surface area contributed by atoms with Gasteiger partial charge < -0.3 is 20.0 Å². The van der Waals surface area contributed by atoms with E-state index in [0.29, 0.717) is 11.4 Å². The van der Waals surface area contributed by atoms with Gasteiger partial charge in [-0.2, -0.15) is 0 Å². The summed E-state index contributed by atoms with van der Waals surface area (Å²) >= 11 is 1.62. The standard InChI is InChI=1S/C24H26N8OS/c1-30(2)24-26-15-20(34-24)16-4-5-19-18(12-16)13-21(29-28-19)27-23(33)17-6-7-25-22(14-17)32-10-8-31(3)9-11-32/h4-7,12-15H,8-11H2,1-3H3,(H,27,29,33). The number of amides is 1. The zero-order valence-corrected chi connectivity index (χ0v) is 20.2. The van der Waals surface area contributed by atoms with Gasteiger partial charge in [0.05, 0.1) is 10.4 Å². The van der Waals surface area contributed by atoms with E-state index < -0.39 is 0 Å². The first-order valence-corrected chi connectivity index (χ1v) is 11.9. The molecule has 4 heterocycles. The molecule has 174 valence electrons. The molecule has 9 nitrogen and oxygen atoms in total. The van der Waals surface area contributed by atoms with Crippen LogP contribution < -0.4 is 15.1 Å². The van der Waals surface area contributed by atoms with Crippen LogP contribution in [-0.2, 0) is 0 Å². The molecule has 0 saturated carbocycles. The van der Waals surface area contributed by atoms with E-state index in [1.54, 1.807) is 23.6 Å². The molecule has 0 unspecified atom stereocenters. The first kappa shape index (κ1) is 22.2. The number of carbonyl (C=O) groups excluding carboxylic acids is 1. The first-order valence-electron chi connectivity index (χ1n) is 11.1. The zero-order valence-electron chi connectivity index (χ0n) is 19.4. The van der Waals surface area contributed by atoms with Gasteiger partial charge in [-0.05, 0) is 42.9 Å². The van der Waals surface area contributed by atoms with Gasteiger partial charge >= 0.3 is 0 Å². The van der Waals surface area contributed by atoms with Gasteiger partial charge in [-0.25, -0.2) is 9.97 Å². The molecule has 0 spiro atoms. The van der Waals surface area contributed by atoms with E-state index in [0.717, 1.165) is 58.5 Å². The van der Waals surface area contributed by atoms with Crippen LogP contribution in [0.25, 0.3) is 21.3 Å². The summed E-state index contributed by atoms with van der Waals surface area (Å²) in [5.74, 6) is 0.989.